The number of fused-ring (bicyclic) bond motifs is 3. The van der Waals surface area contributed by atoms with Crippen molar-refractivity contribution >= 4 is 39.8 Å². The van der Waals surface area contributed by atoms with Gasteiger partial charge in [0.15, 0.2) is 11.6 Å². The Morgan fingerprint density at radius 1 is 0.778 bits per heavy atom. The monoisotopic (exact) mass is 468 g/mol. The number of para-hydroxylation sites is 1. The Morgan fingerprint density at radius 3 is 2.14 bits per heavy atom. The van der Waals surface area contributed by atoms with E-state index in [-0.39, 0.29) is 17.1 Å². The zero-order chi connectivity index (χ0) is 24.2. The summed E-state index contributed by atoms with van der Waals surface area (Å²) in [6.45, 7) is 0. The molecule has 0 atom stereocenters. The van der Waals surface area contributed by atoms with E-state index in [0.29, 0.717) is 34.2 Å². The van der Waals surface area contributed by atoms with Crippen molar-refractivity contribution in [3.05, 3.63) is 114 Å². The lowest BCUT2D eigenvalue weighted by atomic mass is 10.0. The molecule has 3 aromatic carbocycles. The molecule has 0 bridgehead atoms. The summed E-state index contributed by atoms with van der Waals surface area (Å²) >= 11 is 0. The molecule has 0 fully saturated rings. The number of rotatable bonds is 3. The van der Waals surface area contributed by atoms with Crippen molar-refractivity contribution in [2.45, 2.75) is 0 Å². The molecule has 0 aliphatic heterocycles. The number of ketones is 2. The van der Waals surface area contributed by atoms with Gasteiger partial charge in [0, 0.05) is 29.2 Å². The fraction of sp³-hybridized carbons (Fsp3) is 0. The van der Waals surface area contributed by atoms with E-state index >= 15 is 0 Å². The van der Waals surface area contributed by atoms with Gasteiger partial charge in [0.1, 0.15) is 5.82 Å². The van der Waals surface area contributed by atoms with E-state index in [9.17, 15) is 9.59 Å². The van der Waals surface area contributed by atoms with Crippen molar-refractivity contribution in [3.8, 4) is 17.1 Å². The third kappa shape index (κ3) is 3.03. The van der Waals surface area contributed by atoms with Gasteiger partial charge in [0.2, 0.25) is 11.5 Å². The van der Waals surface area contributed by atoms with Crippen LogP contribution in [0.4, 0.5) is 0 Å². The number of Topliss-reactive ketones (excluding diaryl/α,β-unsaturated/α-hetero) is 2. The van der Waals surface area contributed by atoms with Crippen molar-refractivity contribution in [3.63, 3.8) is 0 Å². The maximum Gasteiger partial charge on any atom is 0.267 e. The van der Waals surface area contributed by atoms with Crippen LogP contribution in [0.25, 0.3) is 45.4 Å². The third-order valence-corrected chi connectivity index (χ3v) is 6.31. The Labute approximate surface area is 204 Å². The normalized spacial score (nSPS) is 13.1. The van der Waals surface area contributed by atoms with Crippen molar-refractivity contribution in [1.29, 1.82) is 0 Å². The molecule has 1 aliphatic carbocycles. The fourth-order valence-electron chi connectivity index (χ4n) is 4.60. The summed E-state index contributed by atoms with van der Waals surface area (Å²) in [6, 6.07) is 24.4. The summed E-state index contributed by atoms with van der Waals surface area (Å²) in [5.74, 6) is 0.138. The molecule has 1 aliphatic rings. The minimum atomic E-state index is -0.316. The van der Waals surface area contributed by atoms with Crippen LogP contribution in [-0.2, 0) is 0 Å². The third-order valence-electron chi connectivity index (χ3n) is 6.31. The number of oxazole rings is 1. The largest absolute Gasteiger partial charge is 0.416 e. The SMILES string of the molecule is O=C1C(=Cc2nc3oc(-c4cccnc4)nc3n2-c2ccccc2)C(=O)c2cc3ccccc3cc21. The number of nitrogens with zero attached hydrogens (tertiary/aromatic N) is 4. The van der Waals surface area contributed by atoms with Gasteiger partial charge in [-0.1, -0.05) is 42.5 Å². The molecule has 0 saturated carbocycles. The number of allylic oxidation sites excluding steroid dienone is 1. The lowest BCUT2D eigenvalue weighted by Gasteiger charge is -2.05. The molecule has 6 aromatic rings. The first-order chi connectivity index (χ1) is 17.7. The van der Waals surface area contributed by atoms with Crippen molar-refractivity contribution in [1.82, 2.24) is 19.5 Å². The minimum absolute atomic E-state index is 0.0672. The maximum atomic E-state index is 13.3. The zero-order valence-electron chi connectivity index (χ0n) is 18.8. The predicted molar refractivity (Wildman–Crippen MR) is 135 cm³/mol. The van der Waals surface area contributed by atoms with E-state index in [1.165, 1.54) is 6.08 Å². The maximum absolute atomic E-state index is 13.3. The smallest absolute Gasteiger partial charge is 0.267 e. The highest BCUT2D eigenvalue weighted by Crippen LogP contribution is 2.33. The van der Waals surface area contributed by atoms with Gasteiger partial charge in [0.25, 0.3) is 5.71 Å². The lowest BCUT2D eigenvalue weighted by Crippen LogP contribution is -2.04. The highest BCUT2D eigenvalue weighted by atomic mass is 16.4. The molecule has 7 nitrogen and oxygen atoms in total. The van der Waals surface area contributed by atoms with E-state index in [1.54, 1.807) is 35.2 Å². The second-order valence-electron chi connectivity index (χ2n) is 8.49. The van der Waals surface area contributed by atoms with Crippen LogP contribution >= 0.6 is 0 Å². The van der Waals surface area contributed by atoms with Crippen LogP contribution in [0, 0.1) is 0 Å². The zero-order valence-corrected chi connectivity index (χ0v) is 18.8. The van der Waals surface area contributed by atoms with Crippen molar-refractivity contribution < 1.29 is 14.0 Å². The van der Waals surface area contributed by atoms with Crippen LogP contribution in [0.5, 0.6) is 0 Å². The van der Waals surface area contributed by atoms with Crippen LogP contribution in [-0.4, -0.2) is 31.1 Å². The molecule has 0 saturated heterocycles. The summed E-state index contributed by atoms with van der Waals surface area (Å²) in [7, 11) is 0. The Kier molecular flexibility index (Phi) is 4.31. The van der Waals surface area contributed by atoms with Crippen LogP contribution in [0.15, 0.2) is 101 Å². The van der Waals surface area contributed by atoms with E-state index in [0.717, 1.165) is 22.0 Å². The number of imidazole rings is 1. The molecule has 36 heavy (non-hydrogen) atoms. The second-order valence-corrected chi connectivity index (χ2v) is 8.49. The second kappa shape index (κ2) is 7.68. The number of pyridine rings is 1. The molecule has 3 aromatic heterocycles. The number of hydrogen-bond donors (Lipinski definition) is 0. The number of aromatic nitrogens is 4. The van der Waals surface area contributed by atoms with Crippen molar-refractivity contribution in [2.75, 3.05) is 0 Å². The summed E-state index contributed by atoms with van der Waals surface area (Å²) in [5, 5.41) is 1.82. The molecule has 0 spiro atoms. The predicted octanol–water partition coefficient (Wildman–Crippen LogP) is 5.69. The topological polar surface area (TPSA) is 90.9 Å². The Balaban J connectivity index is 1.40. The standard InChI is InChI=1S/C29H16N4O3/c34-25-21-13-17-7-4-5-8-18(17)14-22(21)26(35)23(25)15-24-31-29-27(33(24)20-10-2-1-3-11-20)32-28(36-29)19-9-6-12-30-16-19/h1-16H. The van der Waals surface area contributed by atoms with Crippen LogP contribution in [0.3, 0.4) is 0 Å². The molecule has 0 unspecified atom stereocenters. The number of hydrogen-bond acceptors (Lipinski definition) is 6. The molecule has 7 rings (SSSR count). The van der Waals surface area contributed by atoms with E-state index in [1.807, 2.05) is 60.7 Å². The molecule has 0 N–H and O–H groups in total. The molecule has 0 amide bonds. The van der Waals surface area contributed by atoms with Gasteiger partial charge in [-0.15, -0.1) is 0 Å². The van der Waals surface area contributed by atoms with E-state index in [4.69, 9.17) is 4.42 Å². The highest BCUT2D eigenvalue weighted by molar-refractivity contribution is 6.42. The van der Waals surface area contributed by atoms with Gasteiger partial charge in [-0.3, -0.25) is 19.1 Å². The van der Waals surface area contributed by atoms with E-state index < -0.39 is 0 Å². The van der Waals surface area contributed by atoms with Gasteiger partial charge in [-0.25, -0.2) is 0 Å². The molecule has 3 heterocycles. The molecular formula is C29H16N4O3. The summed E-state index contributed by atoms with van der Waals surface area (Å²) in [6.07, 6.45) is 4.87. The highest BCUT2D eigenvalue weighted by Gasteiger charge is 2.34. The van der Waals surface area contributed by atoms with Gasteiger partial charge >= 0.3 is 0 Å². The first kappa shape index (κ1) is 20.2. The molecular weight excluding hydrogens is 452 g/mol. The van der Waals surface area contributed by atoms with Gasteiger partial charge in [-0.05, 0) is 53.2 Å². The Bertz CT molecular complexity index is 1810. The number of benzene rings is 3. The lowest BCUT2D eigenvalue weighted by molar-refractivity contribution is 0.0990. The quantitative estimate of drug-likeness (QED) is 0.245. The summed E-state index contributed by atoms with van der Waals surface area (Å²) in [4.78, 5) is 40.1. The van der Waals surface area contributed by atoms with E-state index in [2.05, 4.69) is 15.0 Å². The van der Waals surface area contributed by atoms with Crippen molar-refractivity contribution in [2.24, 2.45) is 0 Å². The Morgan fingerprint density at radius 2 is 1.47 bits per heavy atom. The van der Waals surface area contributed by atoms with Gasteiger partial charge in [0.05, 0.1) is 11.1 Å². The average Bonchev–Trinajstić information content (AvgIpc) is 3.55. The fourth-order valence-corrected chi connectivity index (χ4v) is 4.60. The Hall–Kier alpha value is -5.17. The summed E-state index contributed by atoms with van der Waals surface area (Å²) in [5.41, 5.74) is 3.15. The number of carbonyl (C=O) groups excluding carboxylic acids is 2. The van der Waals surface area contributed by atoms with Gasteiger partial charge in [-0.2, -0.15) is 9.97 Å². The van der Waals surface area contributed by atoms with Crippen LogP contribution < -0.4 is 0 Å². The summed E-state index contributed by atoms with van der Waals surface area (Å²) < 4.78 is 7.73. The first-order valence-corrected chi connectivity index (χ1v) is 11.4. The first-order valence-electron chi connectivity index (χ1n) is 11.4. The average molecular weight is 468 g/mol. The molecule has 0 radical (unpaired) electrons. The van der Waals surface area contributed by atoms with Crippen LogP contribution in [0.1, 0.15) is 26.5 Å². The van der Waals surface area contributed by atoms with Crippen LogP contribution in [0.2, 0.25) is 0 Å². The molecule has 7 heteroatoms. The molecule has 170 valence electrons. The minimum Gasteiger partial charge on any atom is -0.416 e. The van der Waals surface area contributed by atoms with Gasteiger partial charge < -0.3 is 4.42 Å². The number of carbonyl (C=O) groups is 2.